The van der Waals surface area contributed by atoms with Crippen molar-refractivity contribution in [2.45, 2.75) is 13.8 Å². The largest absolute Gasteiger partial charge is 0.492 e. The summed E-state index contributed by atoms with van der Waals surface area (Å²) in [6.07, 6.45) is 1.54. The second-order valence-corrected chi connectivity index (χ2v) is 3.90. The molecule has 0 bridgehead atoms. The molecule has 1 heterocycles. The Hall–Kier alpha value is -1.68. The first kappa shape index (κ1) is 12.8. The van der Waals surface area contributed by atoms with Crippen molar-refractivity contribution in [3.63, 3.8) is 0 Å². The highest BCUT2D eigenvalue weighted by atomic mass is 35.5. The van der Waals surface area contributed by atoms with Crippen LogP contribution in [0.3, 0.4) is 0 Å². The zero-order valence-electron chi connectivity index (χ0n) is 10.3. The molecule has 2 rings (SSSR count). The fourth-order valence-electron chi connectivity index (χ4n) is 1.51. The van der Waals surface area contributed by atoms with Crippen LogP contribution in [0.15, 0.2) is 28.8 Å². The van der Waals surface area contributed by atoms with Crippen LogP contribution in [0, 0.1) is 0 Å². The van der Waals surface area contributed by atoms with Crippen molar-refractivity contribution >= 4 is 11.6 Å². The van der Waals surface area contributed by atoms with E-state index in [1.165, 1.54) is 0 Å². The Morgan fingerprint density at radius 3 is 2.67 bits per heavy atom. The number of halogens is 1. The summed E-state index contributed by atoms with van der Waals surface area (Å²) in [5, 5.41) is 0.533. The lowest BCUT2D eigenvalue weighted by Crippen LogP contribution is -1.92. The van der Waals surface area contributed by atoms with Gasteiger partial charge in [0.15, 0.2) is 0 Å². The first-order valence-corrected chi connectivity index (χ1v) is 6.13. The summed E-state index contributed by atoms with van der Waals surface area (Å²) in [5.41, 5.74) is 0.786. The Kier molecular flexibility index (Phi) is 4.10. The third-order valence-electron chi connectivity index (χ3n) is 2.25. The van der Waals surface area contributed by atoms with Gasteiger partial charge in [-0.05, 0) is 32.0 Å². The van der Waals surface area contributed by atoms with Gasteiger partial charge >= 0.3 is 5.95 Å². The number of oxazole rings is 1. The smallest absolute Gasteiger partial charge is 0.305 e. The lowest BCUT2D eigenvalue weighted by Gasteiger charge is -2.05. The molecule has 0 spiro atoms. The molecule has 1 aromatic heterocycles. The van der Waals surface area contributed by atoms with Gasteiger partial charge in [-0.3, -0.25) is 0 Å². The van der Waals surface area contributed by atoms with E-state index in [9.17, 15) is 0 Å². The fourth-order valence-corrected chi connectivity index (χ4v) is 1.74. The normalized spacial score (nSPS) is 10.4. The van der Waals surface area contributed by atoms with Crippen molar-refractivity contribution < 1.29 is 13.9 Å². The van der Waals surface area contributed by atoms with E-state index in [-0.39, 0.29) is 0 Å². The molecular weight excluding hydrogens is 254 g/mol. The Bertz CT molecular complexity index is 525. The maximum absolute atomic E-state index is 6.10. The zero-order chi connectivity index (χ0) is 13.0. The quantitative estimate of drug-likeness (QED) is 0.827. The Balaban J connectivity index is 2.24. The highest BCUT2D eigenvalue weighted by Crippen LogP contribution is 2.31. The van der Waals surface area contributed by atoms with Gasteiger partial charge in [-0.15, -0.1) is 0 Å². The maximum atomic E-state index is 6.10. The van der Waals surface area contributed by atoms with Gasteiger partial charge in [-0.1, -0.05) is 11.6 Å². The molecule has 0 saturated heterocycles. The third kappa shape index (κ3) is 2.76. The van der Waals surface area contributed by atoms with Crippen LogP contribution in [-0.2, 0) is 0 Å². The summed E-state index contributed by atoms with van der Waals surface area (Å²) >= 11 is 6.10. The molecule has 96 valence electrons. The number of aromatic nitrogens is 1. The van der Waals surface area contributed by atoms with Crippen LogP contribution >= 0.6 is 11.6 Å². The van der Waals surface area contributed by atoms with Crippen molar-refractivity contribution in [3.8, 4) is 23.1 Å². The summed E-state index contributed by atoms with van der Waals surface area (Å²) in [6, 6.07) is 5.40. The van der Waals surface area contributed by atoms with Crippen LogP contribution in [0.2, 0.25) is 5.02 Å². The van der Waals surface area contributed by atoms with Crippen molar-refractivity contribution in [3.05, 3.63) is 29.4 Å². The number of benzene rings is 1. The molecule has 18 heavy (non-hydrogen) atoms. The van der Waals surface area contributed by atoms with Crippen molar-refractivity contribution in [2.75, 3.05) is 13.2 Å². The van der Waals surface area contributed by atoms with Gasteiger partial charge in [0, 0.05) is 5.56 Å². The average Bonchev–Trinajstić information content (AvgIpc) is 2.81. The Labute approximate surface area is 110 Å². The van der Waals surface area contributed by atoms with Gasteiger partial charge < -0.3 is 13.9 Å². The minimum absolute atomic E-state index is 0.400. The predicted octanol–water partition coefficient (Wildman–Crippen LogP) is 3.79. The van der Waals surface area contributed by atoms with Crippen LogP contribution < -0.4 is 9.47 Å². The average molecular weight is 268 g/mol. The van der Waals surface area contributed by atoms with E-state index < -0.39 is 0 Å². The van der Waals surface area contributed by atoms with E-state index in [1.54, 1.807) is 18.3 Å². The van der Waals surface area contributed by atoms with Crippen molar-refractivity contribution in [1.82, 2.24) is 4.98 Å². The molecule has 5 heteroatoms. The van der Waals surface area contributed by atoms with E-state index in [0.717, 1.165) is 5.56 Å². The van der Waals surface area contributed by atoms with Gasteiger partial charge in [-0.25, -0.2) is 4.98 Å². The number of hydrogen-bond donors (Lipinski definition) is 0. The van der Waals surface area contributed by atoms with Gasteiger partial charge in [0.05, 0.1) is 18.2 Å². The van der Waals surface area contributed by atoms with Gasteiger partial charge in [0.25, 0.3) is 0 Å². The molecule has 0 aliphatic heterocycles. The molecule has 4 nitrogen and oxygen atoms in total. The molecule has 0 amide bonds. The van der Waals surface area contributed by atoms with E-state index in [2.05, 4.69) is 4.98 Å². The molecule has 0 unspecified atom stereocenters. The zero-order valence-corrected chi connectivity index (χ0v) is 11.0. The summed E-state index contributed by atoms with van der Waals surface area (Å²) in [7, 11) is 0. The van der Waals surface area contributed by atoms with E-state index >= 15 is 0 Å². The van der Waals surface area contributed by atoms with Crippen LogP contribution in [0.1, 0.15) is 13.8 Å². The second kappa shape index (κ2) is 5.78. The van der Waals surface area contributed by atoms with Crippen molar-refractivity contribution in [1.29, 1.82) is 0 Å². The lowest BCUT2D eigenvalue weighted by atomic mass is 10.2. The molecule has 0 N–H and O–H groups in total. The lowest BCUT2D eigenvalue weighted by molar-refractivity contribution is 0.260. The molecule has 0 aliphatic carbocycles. The molecule has 0 fully saturated rings. The number of hydrogen-bond acceptors (Lipinski definition) is 4. The second-order valence-electron chi connectivity index (χ2n) is 3.50. The van der Waals surface area contributed by atoms with Gasteiger partial charge in [0.2, 0.25) is 5.89 Å². The van der Waals surface area contributed by atoms with Crippen LogP contribution in [0.5, 0.6) is 11.7 Å². The highest BCUT2D eigenvalue weighted by Gasteiger charge is 2.10. The number of nitrogens with zero attached hydrogens (tertiary/aromatic N) is 1. The minimum Gasteiger partial charge on any atom is -0.492 e. The number of ether oxygens (including phenoxy) is 2. The monoisotopic (exact) mass is 267 g/mol. The third-order valence-corrected chi connectivity index (χ3v) is 2.55. The SMILES string of the molecule is CCOc1cnc(-c2ccc(OCC)c(Cl)c2)o1. The summed E-state index contributed by atoms with van der Waals surface area (Å²) < 4.78 is 16.0. The summed E-state index contributed by atoms with van der Waals surface area (Å²) in [4.78, 5) is 4.13. The standard InChI is InChI=1S/C13H14ClNO3/c1-3-16-11-6-5-9(7-10(11)14)13-15-8-12(18-13)17-4-2/h5-8H,3-4H2,1-2H3. The Morgan fingerprint density at radius 1 is 1.22 bits per heavy atom. The number of rotatable bonds is 5. The van der Waals surface area contributed by atoms with Crippen LogP contribution in [0.25, 0.3) is 11.5 Å². The molecule has 1 aromatic carbocycles. The molecule has 0 aliphatic rings. The first-order valence-electron chi connectivity index (χ1n) is 5.76. The first-order chi connectivity index (χ1) is 8.74. The van der Waals surface area contributed by atoms with E-state index in [0.29, 0.717) is 35.8 Å². The maximum Gasteiger partial charge on any atom is 0.305 e. The van der Waals surface area contributed by atoms with Gasteiger partial charge in [0.1, 0.15) is 11.9 Å². The fraction of sp³-hybridized carbons (Fsp3) is 0.308. The molecule has 0 radical (unpaired) electrons. The van der Waals surface area contributed by atoms with Crippen LogP contribution in [0.4, 0.5) is 0 Å². The topological polar surface area (TPSA) is 44.5 Å². The van der Waals surface area contributed by atoms with E-state index in [4.69, 9.17) is 25.5 Å². The minimum atomic E-state index is 0.400. The molecular formula is C13H14ClNO3. The van der Waals surface area contributed by atoms with Crippen LogP contribution in [-0.4, -0.2) is 18.2 Å². The Morgan fingerprint density at radius 2 is 2.00 bits per heavy atom. The summed E-state index contributed by atoms with van der Waals surface area (Å²) in [5.74, 6) is 1.53. The molecule has 2 aromatic rings. The molecule has 0 saturated carbocycles. The van der Waals surface area contributed by atoms with Crippen molar-refractivity contribution in [2.24, 2.45) is 0 Å². The van der Waals surface area contributed by atoms with Gasteiger partial charge in [-0.2, -0.15) is 0 Å². The van der Waals surface area contributed by atoms with E-state index in [1.807, 2.05) is 19.9 Å². The predicted molar refractivity (Wildman–Crippen MR) is 69.3 cm³/mol. The summed E-state index contributed by atoms with van der Waals surface area (Å²) in [6.45, 7) is 4.91. The molecule has 0 atom stereocenters. The highest BCUT2D eigenvalue weighted by molar-refractivity contribution is 6.32.